The van der Waals surface area contributed by atoms with Gasteiger partial charge in [0.25, 0.3) is 5.91 Å². The second-order valence-corrected chi connectivity index (χ2v) is 10.8. The molecule has 1 heterocycles. The van der Waals surface area contributed by atoms with Crippen molar-refractivity contribution in [2.24, 2.45) is 5.10 Å². The van der Waals surface area contributed by atoms with Crippen LogP contribution < -0.4 is 14.9 Å². The third-order valence-corrected chi connectivity index (χ3v) is 8.63. The van der Waals surface area contributed by atoms with E-state index in [0.717, 1.165) is 22.6 Å². The van der Waals surface area contributed by atoms with Gasteiger partial charge in [-0.25, -0.2) is 5.43 Å². The number of amides is 1. The number of nitrogens with zero attached hydrogens (tertiary/aromatic N) is 2. The van der Waals surface area contributed by atoms with Crippen LogP contribution in [-0.2, 0) is 6.61 Å². The Morgan fingerprint density at radius 2 is 1.74 bits per heavy atom. The maximum absolute atomic E-state index is 12.8. The maximum Gasteiger partial charge on any atom is 0.271 e. The van der Waals surface area contributed by atoms with Gasteiger partial charge < -0.3 is 14.0 Å². The lowest BCUT2D eigenvalue weighted by Gasteiger charge is -2.15. The Balaban J connectivity index is 1.49. The first-order valence-corrected chi connectivity index (χ1v) is 13.7. The fraction of sp³-hybridized carbons (Fsp3) is 0.143. The van der Waals surface area contributed by atoms with Crippen LogP contribution in [0.3, 0.4) is 0 Å². The molecule has 1 aromatic heterocycles. The average molecular weight is 680 g/mol. The Morgan fingerprint density at radius 1 is 1.00 bits per heavy atom. The standard InChI is InChI=1S/C28H23Br2Cl2N3O3/c1-16-7-8-17(2)35(16)21-6-4-5-19(12-21)28(36)34-33-14-20-13-24(37-3)27(26(30)25(20)29)38-15-18-9-10-22(31)23(32)11-18/h4-14H,15H2,1-3H3,(H,34,36)/b33-14-. The third kappa shape index (κ3) is 6.26. The van der Waals surface area contributed by atoms with Gasteiger partial charge in [-0.2, -0.15) is 5.10 Å². The van der Waals surface area contributed by atoms with Gasteiger partial charge in [-0.3, -0.25) is 4.79 Å². The first kappa shape index (κ1) is 28.2. The maximum atomic E-state index is 12.8. The van der Waals surface area contributed by atoms with Gasteiger partial charge in [0.2, 0.25) is 0 Å². The molecule has 196 valence electrons. The van der Waals surface area contributed by atoms with E-state index in [2.05, 4.69) is 47.0 Å². The molecule has 0 spiro atoms. The van der Waals surface area contributed by atoms with Crippen LogP contribution in [0.15, 0.2) is 74.7 Å². The molecule has 4 aromatic rings. The molecule has 0 atom stereocenters. The first-order chi connectivity index (χ1) is 18.2. The molecule has 0 fully saturated rings. The summed E-state index contributed by atoms with van der Waals surface area (Å²) in [4.78, 5) is 12.8. The Labute approximate surface area is 247 Å². The summed E-state index contributed by atoms with van der Waals surface area (Å²) in [6, 6.07) is 18.5. The van der Waals surface area contributed by atoms with Crippen LogP contribution in [-0.4, -0.2) is 23.8 Å². The molecule has 10 heteroatoms. The monoisotopic (exact) mass is 677 g/mol. The lowest BCUT2D eigenvalue weighted by molar-refractivity contribution is 0.0955. The largest absolute Gasteiger partial charge is 0.493 e. The van der Waals surface area contributed by atoms with Gasteiger partial charge in [-0.1, -0.05) is 35.3 Å². The topological polar surface area (TPSA) is 64.8 Å². The van der Waals surface area contributed by atoms with Gasteiger partial charge in [-0.05, 0) is 99.8 Å². The Bertz CT molecular complexity index is 1520. The summed E-state index contributed by atoms with van der Waals surface area (Å²) in [6.07, 6.45) is 1.53. The molecule has 0 aliphatic rings. The molecular weight excluding hydrogens is 657 g/mol. The quantitative estimate of drug-likeness (QED) is 0.151. The third-order valence-electron chi connectivity index (χ3n) is 5.75. The predicted octanol–water partition coefficient (Wildman–Crippen LogP) is 8.28. The highest BCUT2D eigenvalue weighted by Gasteiger charge is 2.17. The number of carbonyl (C=O) groups is 1. The van der Waals surface area contributed by atoms with Crippen molar-refractivity contribution < 1.29 is 14.3 Å². The van der Waals surface area contributed by atoms with Crippen LogP contribution in [0.1, 0.15) is 32.9 Å². The molecule has 0 unspecified atom stereocenters. The predicted molar refractivity (Wildman–Crippen MR) is 159 cm³/mol. The molecule has 38 heavy (non-hydrogen) atoms. The molecule has 4 rings (SSSR count). The van der Waals surface area contributed by atoms with Gasteiger partial charge in [0.15, 0.2) is 11.5 Å². The number of hydrogen-bond donors (Lipinski definition) is 1. The number of rotatable bonds is 8. The summed E-state index contributed by atoms with van der Waals surface area (Å²) in [5.74, 6) is 0.659. The van der Waals surface area contributed by atoms with Gasteiger partial charge in [0, 0.05) is 32.7 Å². The molecule has 0 radical (unpaired) electrons. The second-order valence-electron chi connectivity index (χ2n) is 8.36. The zero-order valence-electron chi connectivity index (χ0n) is 20.7. The summed E-state index contributed by atoms with van der Waals surface area (Å²) < 4.78 is 15.0. The van der Waals surface area contributed by atoms with Crippen LogP contribution in [0.4, 0.5) is 0 Å². The highest BCUT2D eigenvalue weighted by Crippen LogP contribution is 2.42. The number of methoxy groups -OCH3 is 1. The van der Waals surface area contributed by atoms with Crippen LogP contribution in [0, 0.1) is 13.8 Å². The lowest BCUT2D eigenvalue weighted by atomic mass is 10.2. The Morgan fingerprint density at radius 3 is 2.42 bits per heavy atom. The number of aromatic nitrogens is 1. The van der Waals surface area contributed by atoms with Gasteiger partial charge in [-0.15, -0.1) is 0 Å². The Hall–Kier alpha value is -2.78. The fourth-order valence-electron chi connectivity index (χ4n) is 3.86. The van der Waals surface area contributed by atoms with Gasteiger partial charge in [0.1, 0.15) is 6.61 Å². The molecule has 0 aliphatic heterocycles. The normalized spacial score (nSPS) is 11.1. The minimum atomic E-state index is -0.325. The molecule has 0 saturated carbocycles. The van der Waals surface area contributed by atoms with E-state index in [-0.39, 0.29) is 12.5 Å². The summed E-state index contributed by atoms with van der Waals surface area (Å²) in [5, 5.41) is 5.09. The van der Waals surface area contributed by atoms with E-state index in [1.165, 1.54) is 6.21 Å². The zero-order chi connectivity index (χ0) is 27.4. The van der Waals surface area contributed by atoms with Gasteiger partial charge in [0.05, 0.1) is 27.8 Å². The molecule has 1 amide bonds. The van der Waals surface area contributed by atoms with Crippen LogP contribution in [0.25, 0.3) is 5.69 Å². The van der Waals surface area contributed by atoms with Crippen molar-refractivity contribution >= 4 is 67.2 Å². The number of halogens is 4. The highest BCUT2D eigenvalue weighted by molar-refractivity contribution is 9.13. The minimum Gasteiger partial charge on any atom is -0.493 e. The SMILES string of the molecule is COc1cc(/C=N\NC(=O)c2cccc(-n3c(C)ccc3C)c2)c(Br)c(Br)c1OCc1ccc(Cl)c(Cl)c1. The zero-order valence-corrected chi connectivity index (χ0v) is 25.4. The molecular formula is C28H23Br2Cl2N3O3. The van der Waals surface area contributed by atoms with E-state index in [0.29, 0.717) is 41.6 Å². The smallest absolute Gasteiger partial charge is 0.271 e. The van der Waals surface area contributed by atoms with Crippen molar-refractivity contribution in [2.45, 2.75) is 20.5 Å². The number of ether oxygens (including phenoxy) is 2. The molecule has 0 aliphatic carbocycles. The summed E-state index contributed by atoms with van der Waals surface area (Å²) in [6.45, 7) is 4.30. The number of aryl methyl sites for hydroxylation is 2. The summed E-state index contributed by atoms with van der Waals surface area (Å²) >= 11 is 19.2. The first-order valence-electron chi connectivity index (χ1n) is 11.4. The molecule has 1 N–H and O–H groups in total. The van der Waals surface area contributed by atoms with Crippen LogP contribution in [0.2, 0.25) is 10.0 Å². The Kier molecular flexibility index (Phi) is 9.20. The number of nitrogens with one attached hydrogen (secondary N) is 1. The average Bonchev–Trinajstić information content (AvgIpc) is 3.25. The molecule has 6 nitrogen and oxygen atoms in total. The molecule has 0 saturated heterocycles. The van der Waals surface area contributed by atoms with Crippen molar-refractivity contribution in [3.63, 3.8) is 0 Å². The van der Waals surface area contributed by atoms with E-state index in [1.54, 1.807) is 31.4 Å². The number of hydrogen-bond acceptors (Lipinski definition) is 4. The highest BCUT2D eigenvalue weighted by atomic mass is 79.9. The van der Waals surface area contributed by atoms with E-state index < -0.39 is 0 Å². The van der Waals surface area contributed by atoms with E-state index in [1.807, 2.05) is 50.2 Å². The molecule has 0 bridgehead atoms. The lowest BCUT2D eigenvalue weighted by Crippen LogP contribution is -2.18. The number of hydrazone groups is 1. The van der Waals surface area contributed by atoms with Crippen molar-refractivity contribution in [3.8, 4) is 17.2 Å². The number of benzene rings is 3. The van der Waals surface area contributed by atoms with Crippen LogP contribution in [0.5, 0.6) is 11.5 Å². The second kappa shape index (κ2) is 12.4. The minimum absolute atomic E-state index is 0.253. The van der Waals surface area contributed by atoms with E-state index >= 15 is 0 Å². The van der Waals surface area contributed by atoms with Crippen molar-refractivity contribution in [1.82, 2.24) is 9.99 Å². The fourth-order valence-corrected chi connectivity index (χ4v) is 5.11. The number of carbonyl (C=O) groups excluding carboxylic acids is 1. The summed E-state index contributed by atoms with van der Waals surface area (Å²) in [7, 11) is 1.55. The van der Waals surface area contributed by atoms with Gasteiger partial charge >= 0.3 is 0 Å². The van der Waals surface area contributed by atoms with Crippen molar-refractivity contribution in [2.75, 3.05) is 7.11 Å². The van der Waals surface area contributed by atoms with E-state index in [9.17, 15) is 4.79 Å². The van der Waals surface area contributed by atoms with E-state index in [4.69, 9.17) is 32.7 Å². The molecule has 3 aromatic carbocycles. The van der Waals surface area contributed by atoms with Crippen LogP contribution >= 0.6 is 55.1 Å². The van der Waals surface area contributed by atoms with Crippen molar-refractivity contribution in [1.29, 1.82) is 0 Å². The van der Waals surface area contributed by atoms with Crippen molar-refractivity contribution in [3.05, 3.63) is 108 Å². The summed E-state index contributed by atoms with van der Waals surface area (Å²) in [5.41, 5.74) is 7.70.